The van der Waals surface area contributed by atoms with Gasteiger partial charge in [-0.05, 0) is 42.7 Å². The van der Waals surface area contributed by atoms with E-state index in [2.05, 4.69) is 5.32 Å². The Hall–Kier alpha value is -2.04. The summed E-state index contributed by atoms with van der Waals surface area (Å²) in [6.07, 6.45) is 1.58. The number of hydrogen-bond donors (Lipinski definition) is 1. The van der Waals surface area contributed by atoms with Gasteiger partial charge in [-0.15, -0.1) is 0 Å². The standard InChI is InChI=1S/C20H20Cl2N2O2/c21-16-7-6-15(18(22)13-16)12-19(25)24-10-8-14(9-11-24)20(26)23-17-4-2-1-3-5-17/h1-7,13-14H,8-12H2,(H,23,26). The Bertz CT molecular complexity index is 788. The van der Waals surface area contributed by atoms with Crippen LogP contribution in [0.1, 0.15) is 18.4 Å². The minimum Gasteiger partial charge on any atom is -0.342 e. The van der Waals surface area contributed by atoms with E-state index >= 15 is 0 Å². The van der Waals surface area contributed by atoms with Gasteiger partial charge in [-0.3, -0.25) is 9.59 Å². The molecule has 0 aromatic heterocycles. The van der Waals surface area contributed by atoms with E-state index < -0.39 is 0 Å². The number of nitrogens with zero attached hydrogens (tertiary/aromatic N) is 1. The summed E-state index contributed by atoms with van der Waals surface area (Å²) in [5, 5.41) is 3.99. The fourth-order valence-electron chi connectivity index (χ4n) is 3.10. The summed E-state index contributed by atoms with van der Waals surface area (Å²) in [6.45, 7) is 1.16. The summed E-state index contributed by atoms with van der Waals surface area (Å²) >= 11 is 12.0. The number of halogens is 2. The Morgan fingerprint density at radius 1 is 1.04 bits per heavy atom. The maximum absolute atomic E-state index is 12.5. The van der Waals surface area contributed by atoms with Gasteiger partial charge < -0.3 is 10.2 Å². The molecule has 6 heteroatoms. The number of rotatable bonds is 4. The summed E-state index contributed by atoms with van der Waals surface area (Å²) in [7, 11) is 0. The third kappa shape index (κ3) is 4.77. The molecule has 26 heavy (non-hydrogen) atoms. The van der Waals surface area contributed by atoms with Crippen LogP contribution in [0.25, 0.3) is 0 Å². The number of benzene rings is 2. The van der Waals surface area contributed by atoms with Crippen molar-refractivity contribution < 1.29 is 9.59 Å². The summed E-state index contributed by atoms with van der Waals surface area (Å²) in [6, 6.07) is 14.6. The highest BCUT2D eigenvalue weighted by Gasteiger charge is 2.27. The highest BCUT2D eigenvalue weighted by atomic mass is 35.5. The first-order chi connectivity index (χ1) is 12.5. The molecule has 2 aromatic carbocycles. The smallest absolute Gasteiger partial charge is 0.227 e. The largest absolute Gasteiger partial charge is 0.342 e. The molecule has 2 amide bonds. The van der Waals surface area contributed by atoms with Gasteiger partial charge in [0, 0.05) is 34.7 Å². The first kappa shape index (κ1) is 18.7. The quantitative estimate of drug-likeness (QED) is 0.839. The van der Waals surface area contributed by atoms with Crippen molar-refractivity contribution in [1.29, 1.82) is 0 Å². The molecule has 1 N–H and O–H groups in total. The van der Waals surface area contributed by atoms with E-state index in [0.717, 1.165) is 11.3 Å². The predicted molar refractivity (Wildman–Crippen MR) is 105 cm³/mol. The molecule has 1 saturated heterocycles. The van der Waals surface area contributed by atoms with Gasteiger partial charge in [-0.1, -0.05) is 47.5 Å². The van der Waals surface area contributed by atoms with E-state index in [9.17, 15) is 9.59 Å². The Kier molecular flexibility index (Phi) is 6.17. The van der Waals surface area contributed by atoms with Gasteiger partial charge in [-0.2, -0.15) is 0 Å². The summed E-state index contributed by atoms with van der Waals surface area (Å²) in [5.74, 6) is -0.0291. The maximum Gasteiger partial charge on any atom is 0.227 e. The second-order valence-corrected chi connectivity index (χ2v) is 7.27. The van der Waals surface area contributed by atoms with Gasteiger partial charge in [0.15, 0.2) is 0 Å². The molecule has 0 bridgehead atoms. The van der Waals surface area contributed by atoms with Crippen molar-refractivity contribution in [2.75, 3.05) is 18.4 Å². The van der Waals surface area contributed by atoms with Crippen LogP contribution in [0.3, 0.4) is 0 Å². The van der Waals surface area contributed by atoms with Crippen molar-refractivity contribution in [1.82, 2.24) is 4.90 Å². The molecule has 0 saturated carbocycles. The molecule has 0 atom stereocenters. The number of carbonyl (C=O) groups excluding carboxylic acids is 2. The first-order valence-corrected chi connectivity index (χ1v) is 9.36. The molecular weight excluding hydrogens is 371 g/mol. The molecule has 0 radical (unpaired) electrons. The molecule has 0 aliphatic carbocycles. The van der Waals surface area contributed by atoms with E-state index in [0.29, 0.717) is 36.0 Å². The van der Waals surface area contributed by atoms with E-state index in [-0.39, 0.29) is 24.2 Å². The van der Waals surface area contributed by atoms with Gasteiger partial charge in [0.2, 0.25) is 11.8 Å². The highest BCUT2D eigenvalue weighted by Crippen LogP contribution is 2.24. The number of anilines is 1. The molecule has 1 aliphatic heterocycles. The molecule has 0 unspecified atom stereocenters. The lowest BCUT2D eigenvalue weighted by Gasteiger charge is -2.31. The van der Waals surface area contributed by atoms with Crippen LogP contribution in [0.5, 0.6) is 0 Å². The lowest BCUT2D eigenvalue weighted by atomic mass is 9.95. The van der Waals surface area contributed by atoms with Crippen LogP contribution >= 0.6 is 23.2 Å². The zero-order chi connectivity index (χ0) is 18.5. The second kappa shape index (κ2) is 8.56. The van der Waals surface area contributed by atoms with Crippen LogP contribution in [0.4, 0.5) is 5.69 Å². The zero-order valence-corrected chi connectivity index (χ0v) is 15.8. The lowest BCUT2D eigenvalue weighted by Crippen LogP contribution is -2.42. The molecule has 1 heterocycles. The minimum absolute atomic E-state index is 0.0176. The average molecular weight is 391 g/mol. The molecule has 3 rings (SSSR count). The normalized spacial score (nSPS) is 14.9. The van der Waals surface area contributed by atoms with Gasteiger partial charge >= 0.3 is 0 Å². The number of nitrogens with one attached hydrogen (secondary N) is 1. The average Bonchev–Trinajstić information content (AvgIpc) is 2.65. The van der Waals surface area contributed by atoms with Crippen molar-refractivity contribution >= 4 is 40.7 Å². The van der Waals surface area contributed by atoms with E-state index in [1.807, 2.05) is 30.3 Å². The monoisotopic (exact) mass is 390 g/mol. The van der Waals surface area contributed by atoms with Crippen molar-refractivity contribution in [2.45, 2.75) is 19.3 Å². The third-order valence-electron chi connectivity index (χ3n) is 4.62. The summed E-state index contributed by atoms with van der Waals surface area (Å²) in [4.78, 5) is 26.7. The van der Waals surface area contributed by atoms with Gasteiger partial charge in [0.05, 0.1) is 6.42 Å². The molecular formula is C20H20Cl2N2O2. The molecule has 2 aromatic rings. The zero-order valence-electron chi connectivity index (χ0n) is 14.3. The number of piperidine rings is 1. The lowest BCUT2D eigenvalue weighted by molar-refractivity contribution is -0.133. The van der Waals surface area contributed by atoms with E-state index in [1.165, 1.54) is 0 Å². The van der Waals surface area contributed by atoms with Crippen LogP contribution in [0.15, 0.2) is 48.5 Å². The Labute approximate surface area is 163 Å². The fourth-order valence-corrected chi connectivity index (χ4v) is 3.57. The molecule has 1 aliphatic rings. The van der Waals surface area contributed by atoms with E-state index in [4.69, 9.17) is 23.2 Å². The van der Waals surface area contributed by atoms with Crippen molar-refractivity contribution in [3.63, 3.8) is 0 Å². The molecule has 1 fully saturated rings. The van der Waals surface area contributed by atoms with Gasteiger partial charge in [-0.25, -0.2) is 0 Å². The predicted octanol–water partition coefficient (Wildman–Crippen LogP) is 4.41. The highest BCUT2D eigenvalue weighted by molar-refractivity contribution is 6.35. The number of carbonyl (C=O) groups is 2. The number of likely N-dealkylation sites (tertiary alicyclic amines) is 1. The fraction of sp³-hybridized carbons (Fsp3) is 0.300. The molecule has 0 spiro atoms. The third-order valence-corrected chi connectivity index (χ3v) is 5.20. The first-order valence-electron chi connectivity index (χ1n) is 8.60. The SMILES string of the molecule is O=C(Nc1ccccc1)C1CCN(C(=O)Cc2ccc(Cl)cc2Cl)CC1. The number of amides is 2. The van der Waals surface area contributed by atoms with Crippen LogP contribution in [-0.2, 0) is 16.0 Å². The molecule has 4 nitrogen and oxygen atoms in total. The molecule has 136 valence electrons. The van der Waals surface area contributed by atoms with Crippen molar-refractivity contribution in [2.24, 2.45) is 5.92 Å². The van der Waals surface area contributed by atoms with Crippen molar-refractivity contribution in [3.05, 3.63) is 64.1 Å². The topological polar surface area (TPSA) is 49.4 Å². The summed E-state index contributed by atoms with van der Waals surface area (Å²) < 4.78 is 0. The van der Waals surface area contributed by atoms with Gasteiger partial charge in [0.1, 0.15) is 0 Å². The number of para-hydroxylation sites is 1. The van der Waals surface area contributed by atoms with E-state index in [1.54, 1.807) is 23.1 Å². The number of hydrogen-bond acceptors (Lipinski definition) is 2. The van der Waals surface area contributed by atoms with Crippen LogP contribution in [0, 0.1) is 5.92 Å². The van der Waals surface area contributed by atoms with Gasteiger partial charge in [0.25, 0.3) is 0 Å². The maximum atomic E-state index is 12.5. The van der Waals surface area contributed by atoms with Crippen LogP contribution < -0.4 is 5.32 Å². The second-order valence-electron chi connectivity index (χ2n) is 6.42. The minimum atomic E-state index is -0.0709. The Morgan fingerprint density at radius 2 is 1.73 bits per heavy atom. The summed E-state index contributed by atoms with van der Waals surface area (Å²) in [5.41, 5.74) is 1.57. The van der Waals surface area contributed by atoms with Crippen LogP contribution in [0.2, 0.25) is 10.0 Å². The van der Waals surface area contributed by atoms with Crippen molar-refractivity contribution in [3.8, 4) is 0 Å². The Balaban J connectivity index is 1.51. The van der Waals surface area contributed by atoms with Crippen LogP contribution in [-0.4, -0.2) is 29.8 Å². The Morgan fingerprint density at radius 3 is 2.38 bits per heavy atom.